The molecule has 0 aliphatic rings. The second kappa shape index (κ2) is 13.5. The van der Waals surface area contributed by atoms with Gasteiger partial charge in [0.2, 0.25) is 5.91 Å². The zero-order chi connectivity index (χ0) is 31.1. The van der Waals surface area contributed by atoms with Crippen LogP contribution in [-0.2, 0) is 21.2 Å². The molecular weight excluding hydrogens is 590 g/mol. The van der Waals surface area contributed by atoms with Crippen molar-refractivity contribution >= 4 is 45.0 Å². The molecule has 3 amide bonds. The minimum atomic E-state index is -4.37. The quantitative estimate of drug-likeness (QED) is 0.212. The lowest BCUT2D eigenvalue weighted by atomic mass is 10.0. The molecule has 3 aromatic carbocycles. The third-order valence-corrected chi connectivity index (χ3v) is 9.17. The predicted molar refractivity (Wildman–Crippen MR) is 165 cm³/mol. The number of thiophene rings is 1. The summed E-state index contributed by atoms with van der Waals surface area (Å²) in [6.07, 6.45) is 0.123. The molecule has 224 valence electrons. The Labute approximate surface area is 254 Å². The maximum absolute atomic E-state index is 13.8. The maximum atomic E-state index is 13.8. The first-order chi connectivity index (χ1) is 20.5. The number of amides is 3. The largest absolute Gasteiger partial charge is 0.497 e. The summed E-state index contributed by atoms with van der Waals surface area (Å²) in [5.41, 5.74) is 2.77. The molecule has 1 heterocycles. The lowest BCUT2D eigenvalue weighted by Gasteiger charge is -2.27. The Morgan fingerprint density at radius 3 is 2.30 bits per heavy atom. The summed E-state index contributed by atoms with van der Waals surface area (Å²) in [4.78, 5) is 39.7. The number of carbonyl (C=O) groups is 3. The molecule has 43 heavy (non-hydrogen) atoms. The maximum Gasteiger partial charge on any atom is 0.345 e. The first-order valence-electron chi connectivity index (χ1n) is 13.3. The monoisotopic (exact) mass is 621 g/mol. The topological polar surface area (TPSA) is 142 Å². The fourth-order valence-electron chi connectivity index (χ4n) is 4.64. The predicted octanol–water partition coefficient (Wildman–Crippen LogP) is 5.08. The molecule has 0 fully saturated rings. The van der Waals surface area contributed by atoms with Gasteiger partial charge in [0.25, 0.3) is 10.0 Å². The fraction of sp³-hybridized carbons (Fsp3) is 0.194. The highest BCUT2D eigenvalue weighted by molar-refractivity contribution is 7.90. The third-order valence-electron chi connectivity index (χ3n) is 6.77. The Kier molecular flexibility index (Phi) is 9.84. The minimum absolute atomic E-state index is 0.116. The van der Waals surface area contributed by atoms with E-state index in [4.69, 9.17) is 4.74 Å². The van der Waals surface area contributed by atoms with E-state index in [0.717, 1.165) is 16.9 Å². The number of hydrogen-bond acceptors (Lipinski definition) is 7. The van der Waals surface area contributed by atoms with Crippen LogP contribution in [0.4, 0.5) is 10.5 Å². The first-order valence-corrected chi connectivity index (χ1v) is 15.6. The van der Waals surface area contributed by atoms with Crippen LogP contribution in [0.5, 0.6) is 5.75 Å². The molecule has 4 aromatic rings. The van der Waals surface area contributed by atoms with Crippen molar-refractivity contribution in [3.05, 3.63) is 100 Å². The number of rotatable bonds is 11. The molecule has 0 aliphatic heterocycles. The smallest absolute Gasteiger partial charge is 0.345 e. The zero-order valence-electron chi connectivity index (χ0n) is 23.7. The van der Waals surface area contributed by atoms with Gasteiger partial charge in [-0.1, -0.05) is 42.5 Å². The van der Waals surface area contributed by atoms with Crippen LogP contribution in [0.2, 0.25) is 0 Å². The molecule has 1 atom stereocenters. The van der Waals surface area contributed by atoms with Crippen molar-refractivity contribution in [2.75, 3.05) is 18.6 Å². The Hall–Kier alpha value is -4.68. The SMILES string of the molecule is CCN(C(=O)[C@H](Cc1ccccc1)NC(=O)NS(=O)(=O)c1cccc(-c2csc(C(=O)O)c2)c1C)c1ccc(OC)cc1. The van der Waals surface area contributed by atoms with Crippen LogP contribution in [0.1, 0.15) is 27.7 Å². The highest BCUT2D eigenvalue weighted by Gasteiger charge is 2.29. The number of urea groups is 1. The van der Waals surface area contributed by atoms with E-state index >= 15 is 0 Å². The third kappa shape index (κ3) is 7.40. The van der Waals surface area contributed by atoms with Crippen LogP contribution in [0.15, 0.2) is 89.1 Å². The number of anilines is 1. The molecule has 0 bridgehead atoms. The van der Waals surface area contributed by atoms with Crippen LogP contribution < -0.4 is 19.7 Å². The molecule has 0 spiro atoms. The van der Waals surface area contributed by atoms with E-state index in [0.29, 0.717) is 34.7 Å². The van der Waals surface area contributed by atoms with Gasteiger partial charge in [0, 0.05) is 18.7 Å². The molecule has 0 saturated heterocycles. The van der Waals surface area contributed by atoms with Crippen LogP contribution in [0, 0.1) is 6.92 Å². The van der Waals surface area contributed by atoms with Gasteiger partial charge >= 0.3 is 12.0 Å². The van der Waals surface area contributed by atoms with E-state index < -0.39 is 34.0 Å². The number of likely N-dealkylation sites (N-methyl/N-ethyl adjacent to an activating group) is 1. The standard InChI is InChI=1S/C31H31N3O7S2/c1-4-34(23-13-15-24(41-3)16-14-23)29(35)26(17-21-9-6-5-7-10-21)32-31(38)33-43(39,40)28-12-8-11-25(20(28)2)22-18-27(30(36)37)42-19-22/h5-16,18-19,26H,4,17H2,1-3H3,(H,36,37)(H2,32,33,38)/t26-/m0/s1. The van der Waals surface area contributed by atoms with Gasteiger partial charge in [0.05, 0.1) is 12.0 Å². The average Bonchev–Trinajstić information content (AvgIpc) is 3.48. The van der Waals surface area contributed by atoms with Crippen molar-refractivity contribution in [2.24, 2.45) is 0 Å². The van der Waals surface area contributed by atoms with Crippen molar-refractivity contribution < 1.29 is 32.6 Å². The summed E-state index contributed by atoms with van der Waals surface area (Å²) in [5, 5.41) is 13.5. The fourth-order valence-corrected chi connectivity index (χ4v) is 6.57. The zero-order valence-corrected chi connectivity index (χ0v) is 25.4. The normalized spacial score (nSPS) is 11.8. The number of carbonyl (C=O) groups excluding carboxylic acids is 2. The van der Waals surface area contributed by atoms with Crippen molar-refractivity contribution in [1.82, 2.24) is 10.0 Å². The number of aromatic carboxylic acids is 1. The number of benzene rings is 3. The van der Waals surface area contributed by atoms with Crippen molar-refractivity contribution in [1.29, 1.82) is 0 Å². The van der Waals surface area contributed by atoms with E-state index in [2.05, 4.69) is 5.32 Å². The summed E-state index contributed by atoms with van der Waals surface area (Å²) in [6.45, 7) is 3.68. The number of hydrogen-bond donors (Lipinski definition) is 3. The highest BCUT2D eigenvalue weighted by Crippen LogP contribution is 2.31. The summed E-state index contributed by atoms with van der Waals surface area (Å²) >= 11 is 1.03. The number of sulfonamides is 1. The Bertz CT molecular complexity index is 1720. The molecule has 0 aliphatic carbocycles. The molecule has 10 nitrogen and oxygen atoms in total. The van der Waals surface area contributed by atoms with Gasteiger partial charge in [-0.05, 0) is 77.9 Å². The van der Waals surface area contributed by atoms with Gasteiger partial charge in [-0.15, -0.1) is 11.3 Å². The van der Waals surface area contributed by atoms with Crippen LogP contribution in [-0.4, -0.2) is 51.1 Å². The summed E-state index contributed by atoms with van der Waals surface area (Å²) in [5.74, 6) is -0.880. The van der Waals surface area contributed by atoms with Gasteiger partial charge in [0.1, 0.15) is 16.7 Å². The molecule has 1 aromatic heterocycles. The lowest BCUT2D eigenvalue weighted by molar-refractivity contribution is -0.120. The summed E-state index contributed by atoms with van der Waals surface area (Å²) in [7, 11) is -2.83. The summed E-state index contributed by atoms with van der Waals surface area (Å²) in [6, 6.07) is 19.8. The molecule has 0 saturated carbocycles. The minimum Gasteiger partial charge on any atom is -0.497 e. The van der Waals surface area contributed by atoms with Crippen LogP contribution >= 0.6 is 11.3 Å². The number of nitrogens with zero attached hydrogens (tertiary/aromatic N) is 1. The Morgan fingerprint density at radius 2 is 1.70 bits per heavy atom. The Morgan fingerprint density at radius 1 is 1.00 bits per heavy atom. The van der Waals surface area contributed by atoms with E-state index in [9.17, 15) is 27.9 Å². The number of methoxy groups -OCH3 is 1. The van der Waals surface area contributed by atoms with Gasteiger partial charge in [0.15, 0.2) is 0 Å². The van der Waals surface area contributed by atoms with Crippen molar-refractivity contribution in [3.8, 4) is 16.9 Å². The first kappa shape index (κ1) is 31.3. The molecule has 0 radical (unpaired) electrons. The van der Waals surface area contributed by atoms with Gasteiger partial charge in [-0.3, -0.25) is 4.79 Å². The van der Waals surface area contributed by atoms with Gasteiger partial charge in [-0.25, -0.2) is 22.7 Å². The van der Waals surface area contributed by atoms with E-state index in [1.807, 2.05) is 35.1 Å². The van der Waals surface area contributed by atoms with E-state index in [1.165, 1.54) is 23.1 Å². The number of nitrogens with one attached hydrogen (secondary N) is 2. The number of carboxylic acids is 1. The highest BCUT2D eigenvalue weighted by atomic mass is 32.2. The molecule has 12 heteroatoms. The molecular formula is C31H31N3O7S2. The molecule has 4 rings (SSSR count). The second-order valence-electron chi connectivity index (χ2n) is 9.54. The molecule has 0 unspecified atom stereocenters. The van der Waals surface area contributed by atoms with Crippen molar-refractivity contribution in [2.45, 2.75) is 31.2 Å². The van der Waals surface area contributed by atoms with E-state index in [1.54, 1.807) is 56.7 Å². The van der Waals surface area contributed by atoms with E-state index in [-0.39, 0.29) is 16.2 Å². The van der Waals surface area contributed by atoms with Crippen molar-refractivity contribution in [3.63, 3.8) is 0 Å². The lowest BCUT2D eigenvalue weighted by Crippen LogP contribution is -2.53. The number of ether oxygens (including phenoxy) is 1. The number of carboxylic acid groups (broad SMARTS) is 1. The summed E-state index contributed by atoms with van der Waals surface area (Å²) < 4.78 is 34.0. The van der Waals surface area contributed by atoms with Crippen LogP contribution in [0.25, 0.3) is 11.1 Å². The van der Waals surface area contributed by atoms with Gasteiger partial charge < -0.3 is 20.1 Å². The average molecular weight is 622 g/mol. The molecule has 3 N–H and O–H groups in total. The van der Waals surface area contributed by atoms with Crippen LogP contribution in [0.3, 0.4) is 0 Å². The Balaban J connectivity index is 1.58. The second-order valence-corrected chi connectivity index (χ2v) is 12.1. The van der Waals surface area contributed by atoms with Gasteiger partial charge in [-0.2, -0.15) is 0 Å².